The first kappa shape index (κ1) is 12.1. The number of hydrogen-bond acceptors (Lipinski definition) is 4. The molecular weight excluding hydrogens is 232 g/mol. The molecule has 2 aromatic heterocycles. The molecule has 6 heteroatoms. The van der Waals surface area contributed by atoms with E-state index in [-0.39, 0.29) is 11.3 Å². The Labute approximate surface area is 103 Å². The molecule has 0 unspecified atom stereocenters. The second-order valence-corrected chi connectivity index (χ2v) is 3.82. The van der Waals surface area contributed by atoms with E-state index < -0.39 is 5.97 Å². The van der Waals surface area contributed by atoms with Gasteiger partial charge in [0.2, 0.25) is 0 Å². The van der Waals surface area contributed by atoms with Crippen LogP contribution in [0.1, 0.15) is 21.9 Å². The highest BCUT2D eigenvalue weighted by Gasteiger charge is 2.12. The molecule has 0 aliphatic heterocycles. The van der Waals surface area contributed by atoms with Gasteiger partial charge in [0, 0.05) is 19.2 Å². The number of carbonyl (C=O) groups is 1. The quantitative estimate of drug-likeness (QED) is 0.824. The number of rotatable bonds is 4. The Morgan fingerprint density at radius 2 is 2.44 bits per heavy atom. The van der Waals surface area contributed by atoms with Gasteiger partial charge in [-0.1, -0.05) is 0 Å². The number of fused-ring (bicyclic) bond motifs is 1. The number of carboxylic acid groups (broad SMARTS) is 1. The van der Waals surface area contributed by atoms with Gasteiger partial charge >= 0.3 is 5.97 Å². The van der Waals surface area contributed by atoms with Crippen molar-refractivity contribution in [1.29, 1.82) is 5.26 Å². The van der Waals surface area contributed by atoms with Crippen molar-refractivity contribution in [3.8, 4) is 6.07 Å². The molecule has 0 bridgehead atoms. The molecule has 0 spiro atoms. The van der Waals surface area contributed by atoms with Crippen molar-refractivity contribution in [3.05, 3.63) is 35.4 Å². The van der Waals surface area contributed by atoms with Gasteiger partial charge in [-0.3, -0.25) is 0 Å². The highest BCUT2D eigenvalue weighted by molar-refractivity contribution is 5.89. The standard InChI is InChI=1S/C12H12N4O2/c1-14-4-2-11-15-9(7-13)10-6-8(12(17)18)3-5-16(10)11/h3,5-6,14H,2,4H2,1H3,(H,17,18). The number of nitriles is 1. The van der Waals surface area contributed by atoms with Crippen LogP contribution in [0.5, 0.6) is 0 Å². The number of nitrogens with one attached hydrogen (secondary N) is 1. The zero-order valence-electron chi connectivity index (χ0n) is 9.84. The van der Waals surface area contributed by atoms with Crippen LogP contribution in [0.25, 0.3) is 5.52 Å². The Morgan fingerprint density at radius 3 is 3.06 bits per heavy atom. The lowest BCUT2D eigenvalue weighted by Crippen LogP contribution is -2.12. The van der Waals surface area contributed by atoms with Crippen molar-refractivity contribution in [2.24, 2.45) is 0 Å². The predicted octanol–water partition coefficient (Wildman–Crippen LogP) is 0.666. The lowest BCUT2D eigenvalue weighted by atomic mass is 10.2. The van der Waals surface area contributed by atoms with Gasteiger partial charge in [0.25, 0.3) is 0 Å². The van der Waals surface area contributed by atoms with E-state index in [1.54, 1.807) is 10.6 Å². The van der Waals surface area contributed by atoms with Crippen molar-refractivity contribution in [1.82, 2.24) is 14.7 Å². The highest BCUT2D eigenvalue weighted by Crippen LogP contribution is 2.15. The van der Waals surface area contributed by atoms with Gasteiger partial charge in [0.15, 0.2) is 5.69 Å². The van der Waals surface area contributed by atoms with Crippen LogP contribution in [-0.2, 0) is 6.42 Å². The fraction of sp³-hybridized carbons (Fsp3) is 0.250. The fourth-order valence-corrected chi connectivity index (χ4v) is 1.78. The normalized spacial score (nSPS) is 10.4. The molecule has 0 saturated carbocycles. The van der Waals surface area contributed by atoms with E-state index in [2.05, 4.69) is 10.3 Å². The Hall–Kier alpha value is -2.39. The third-order valence-electron chi connectivity index (χ3n) is 2.67. The maximum absolute atomic E-state index is 10.9. The minimum Gasteiger partial charge on any atom is -0.478 e. The van der Waals surface area contributed by atoms with E-state index in [4.69, 9.17) is 10.4 Å². The van der Waals surface area contributed by atoms with Gasteiger partial charge in [0.1, 0.15) is 11.9 Å². The Kier molecular flexibility index (Phi) is 3.26. The van der Waals surface area contributed by atoms with Gasteiger partial charge < -0.3 is 14.8 Å². The van der Waals surface area contributed by atoms with Crippen molar-refractivity contribution in [3.63, 3.8) is 0 Å². The van der Waals surface area contributed by atoms with Crippen LogP contribution in [0.15, 0.2) is 18.3 Å². The number of pyridine rings is 1. The molecule has 92 valence electrons. The average Bonchev–Trinajstić information content (AvgIpc) is 2.73. The predicted molar refractivity (Wildman–Crippen MR) is 64.5 cm³/mol. The summed E-state index contributed by atoms with van der Waals surface area (Å²) in [5.41, 5.74) is 0.937. The third-order valence-corrected chi connectivity index (χ3v) is 2.67. The molecule has 2 aromatic rings. The fourth-order valence-electron chi connectivity index (χ4n) is 1.78. The summed E-state index contributed by atoms with van der Waals surface area (Å²) in [5, 5.41) is 21.0. The smallest absolute Gasteiger partial charge is 0.335 e. The summed E-state index contributed by atoms with van der Waals surface area (Å²) in [7, 11) is 1.84. The van der Waals surface area contributed by atoms with Crippen molar-refractivity contribution in [2.75, 3.05) is 13.6 Å². The zero-order chi connectivity index (χ0) is 13.1. The minimum absolute atomic E-state index is 0.152. The van der Waals surface area contributed by atoms with Crippen LogP contribution < -0.4 is 5.32 Å². The molecule has 0 fully saturated rings. The SMILES string of the molecule is CNCCc1nc(C#N)c2cc(C(=O)O)ccn12. The zero-order valence-corrected chi connectivity index (χ0v) is 9.84. The number of nitrogens with zero attached hydrogens (tertiary/aromatic N) is 3. The lowest BCUT2D eigenvalue weighted by Gasteiger charge is -2.01. The molecule has 0 amide bonds. The van der Waals surface area contributed by atoms with Gasteiger partial charge in [-0.15, -0.1) is 0 Å². The van der Waals surface area contributed by atoms with Crippen molar-refractivity contribution >= 4 is 11.5 Å². The summed E-state index contributed by atoms with van der Waals surface area (Å²) in [4.78, 5) is 15.1. The van der Waals surface area contributed by atoms with E-state index in [1.165, 1.54) is 12.1 Å². The van der Waals surface area contributed by atoms with E-state index in [1.807, 2.05) is 13.1 Å². The highest BCUT2D eigenvalue weighted by atomic mass is 16.4. The monoisotopic (exact) mass is 244 g/mol. The molecule has 2 heterocycles. The van der Waals surface area contributed by atoms with E-state index >= 15 is 0 Å². The average molecular weight is 244 g/mol. The summed E-state index contributed by atoms with van der Waals surface area (Å²) in [5.74, 6) is -0.271. The van der Waals surface area contributed by atoms with Crippen molar-refractivity contribution < 1.29 is 9.90 Å². The van der Waals surface area contributed by atoms with E-state index in [0.717, 1.165) is 12.4 Å². The summed E-state index contributed by atoms with van der Waals surface area (Å²) in [6.07, 6.45) is 2.31. The largest absolute Gasteiger partial charge is 0.478 e. The number of aromatic nitrogens is 2. The number of aromatic carboxylic acids is 1. The molecule has 0 saturated heterocycles. The topological polar surface area (TPSA) is 90.4 Å². The number of carboxylic acids is 1. The maximum atomic E-state index is 10.9. The summed E-state index contributed by atoms with van der Waals surface area (Å²) in [6, 6.07) is 4.96. The first-order valence-electron chi connectivity index (χ1n) is 5.46. The first-order valence-corrected chi connectivity index (χ1v) is 5.46. The van der Waals surface area contributed by atoms with E-state index in [0.29, 0.717) is 11.9 Å². The summed E-state index contributed by atoms with van der Waals surface area (Å²) >= 11 is 0. The van der Waals surface area contributed by atoms with Crippen LogP contribution in [0.4, 0.5) is 0 Å². The summed E-state index contributed by atoms with van der Waals surface area (Å²) in [6.45, 7) is 0.741. The number of hydrogen-bond donors (Lipinski definition) is 2. The lowest BCUT2D eigenvalue weighted by molar-refractivity contribution is 0.0697. The minimum atomic E-state index is -1.01. The van der Waals surface area contributed by atoms with Crippen LogP contribution in [-0.4, -0.2) is 34.1 Å². The maximum Gasteiger partial charge on any atom is 0.335 e. The van der Waals surface area contributed by atoms with Crippen LogP contribution in [0, 0.1) is 11.3 Å². The molecule has 18 heavy (non-hydrogen) atoms. The molecule has 0 radical (unpaired) electrons. The molecule has 6 nitrogen and oxygen atoms in total. The van der Waals surface area contributed by atoms with Crippen LogP contribution in [0.3, 0.4) is 0 Å². The van der Waals surface area contributed by atoms with Crippen LogP contribution in [0.2, 0.25) is 0 Å². The molecule has 0 aliphatic rings. The van der Waals surface area contributed by atoms with Gasteiger partial charge in [-0.25, -0.2) is 9.78 Å². The molecular formula is C12H12N4O2. The molecule has 2 N–H and O–H groups in total. The summed E-state index contributed by atoms with van der Waals surface area (Å²) < 4.78 is 1.75. The third kappa shape index (κ3) is 2.04. The van der Waals surface area contributed by atoms with Gasteiger partial charge in [-0.2, -0.15) is 5.26 Å². The molecule has 0 aliphatic carbocycles. The second kappa shape index (κ2) is 4.85. The number of imidazole rings is 1. The molecule has 2 rings (SSSR count). The Balaban J connectivity index is 2.57. The Morgan fingerprint density at radius 1 is 1.67 bits per heavy atom. The number of likely N-dealkylation sites (N-methyl/N-ethyl adjacent to an activating group) is 1. The van der Waals surface area contributed by atoms with Crippen LogP contribution >= 0.6 is 0 Å². The van der Waals surface area contributed by atoms with Crippen molar-refractivity contribution in [2.45, 2.75) is 6.42 Å². The molecule has 0 aromatic carbocycles. The molecule has 0 atom stereocenters. The van der Waals surface area contributed by atoms with Gasteiger partial charge in [0.05, 0.1) is 11.1 Å². The second-order valence-electron chi connectivity index (χ2n) is 3.82. The first-order chi connectivity index (χ1) is 8.67. The van der Waals surface area contributed by atoms with E-state index in [9.17, 15) is 4.79 Å². The Bertz CT molecular complexity index is 639. The van der Waals surface area contributed by atoms with Gasteiger partial charge in [-0.05, 0) is 19.2 Å².